The van der Waals surface area contributed by atoms with E-state index < -0.39 is 0 Å². The predicted octanol–water partition coefficient (Wildman–Crippen LogP) is 5.04. The number of hydrogen-bond donors (Lipinski definition) is 0. The van der Waals surface area contributed by atoms with Crippen molar-refractivity contribution in [2.45, 2.75) is 51.7 Å². The fourth-order valence-corrected chi connectivity index (χ4v) is 2.66. The summed E-state index contributed by atoms with van der Waals surface area (Å²) >= 11 is 0. The molecule has 0 heterocycles. The van der Waals surface area contributed by atoms with Crippen molar-refractivity contribution >= 4 is 11.9 Å². The lowest BCUT2D eigenvalue weighted by Crippen LogP contribution is -2.19. The number of carbonyl (C=O) groups excluding carboxylic acids is 2. The van der Waals surface area contributed by atoms with E-state index in [9.17, 15) is 9.59 Å². The molecule has 2 aromatic carbocycles. The van der Waals surface area contributed by atoms with Crippen molar-refractivity contribution in [1.29, 1.82) is 0 Å². The first-order chi connectivity index (χ1) is 12.6. The van der Waals surface area contributed by atoms with Gasteiger partial charge in [0.2, 0.25) is 0 Å². The van der Waals surface area contributed by atoms with E-state index in [0.29, 0.717) is 11.1 Å². The lowest BCUT2D eigenvalue weighted by Gasteiger charge is -2.18. The monoisotopic (exact) mass is 354 g/mol. The van der Waals surface area contributed by atoms with E-state index in [1.54, 1.807) is 24.3 Å². The molecule has 2 atom stereocenters. The van der Waals surface area contributed by atoms with Gasteiger partial charge in [0.1, 0.15) is 6.10 Å². The van der Waals surface area contributed by atoms with Gasteiger partial charge in [-0.3, -0.25) is 0 Å². The Hall–Kier alpha value is -2.62. The molecule has 2 rings (SSSR count). The Morgan fingerprint density at radius 3 is 1.81 bits per heavy atom. The Morgan fingerprint density at radius 2 is 1.31 bits per heavy atom. The highest BCUT2D eigenvalue weighted by atomic mass is 16.5. The molecule has 0 aliphatic heterocycles. The first-order valence-corrected chi connectivity index (χ1v) is 9.12. The van der Waals surface area contributed by atoms with Crippen LogP contribution in [0.15, 0.2) is 60.7 Å². The summed E-state index contributed by atoms with van der Waals surface area (Å²) in [7, 11) is 0. The molecule has 0 saturated heterocycles. The molecule has 0 aromatic heterocycles. The van der Waals surface area contributed by atoms with E-state index in [1.165, 1.54) is 0 Å². The van der Waals surface area contributed by atoms with Gasteiger partial charge in [-0.1, -0.05) is 43.3 Å². The van der Waals surface area contributed by atoms with Gasteiger partial charge in [-0.25, -0.2) is 9.59 Å². The molecule has 0 radical (unpaired) electrons. The second kappa shape index (κ2) is 10.4. The molecule has 0 spiro atoms. The molecule has 0 amide bonds. The van der Waals surface area contributed by atoms with E-state index in [-0.39, 0.29) is 24.1 Å². The summed E-state index contributed by atoms with van der Waals surface area (Å²) in [6.45, 7) is 3.89. The largest absolute Gasteiger partial charge is 0.459 e. The second-order valence-corrected chi connectivity index (χ2v) is 6.31. The molecule has 0 bridgehead atoms. The number of benzene rings is 2. The van der Waals surface area contributed by atoms with Crippen LogP contribution in [0, 0.1) is 0 Å². The molecule has 138 valence electrons. The van der Waals surface area contributed by atoms with Crippen molar-refractivity contribution in [3.63, 3.8) is 0 Å². The summed E-state index contributed by atoms with van der Waals surface area (Å²) < 4.78 is 11.0. The van der Waals surface area contributed by atoms with Crippen LogP contribution < -0.4 is 0 Å². The van der Waals surface area contributed by atoms with Gasteiger partial charge in [0.05, 0.1) is 17.2 Å². The quantitative estimate of drug-likeness (QED) is 0.592. The van der Waals surface area contributed by atoms with Crippen LogP contribution >= 0.6 is 0 Å². The average molecular weight is 354 g/mol. The summed E-state index contributed by atoms with van der Waals surface area (Å²) in [6, 6.07) is 18.0. The van der Waals surface area contributed by atoms with Crippen molar-refractivity contribution < 1.29 is 19.1 Å². The summed E-state index contributed by atoms with van der Waals surface area (Å²) in [4.78, 5) is 24.1. The topological polar surface area (TPSA) is 52.6 Å². The zero-order valence-electron chi connectivity index (χ0n) is 15.4. The minimum atomic E-state index is -0.305. The van der Waals surface area contributed by atoms with Crippen LogP contribution in [0.5, 0.6) is 0 Å². The molecule has 2 unspecified atom stereocenters. The van der Waals surface area contributed by atoms with Gasteiger partial charge in [-0.05, 0) is 56.9 Å². The van der Waals surface area contributed by atoms with E-state index in [1.807, 2.05) is 50.2 Å². The highest BCUT2D eigenvalue weighted by Gasteiger charge is 2.16. The Kier molecular flexibility index (Phi) is 7.87. The van der Waals surface area contributed by atoms with Crippen LogP contribution in [0.2, 0.25) is 0 Å². The molecule has 0 N–H and O–H groups in total. The van der Waals surface area contributed by atoms with Gasteiger partial charge >= 0.3 is 11.9 Å². The van der Waals surface area contributed by atoms with E-state index in [4.69, 9.17) is 9.47 Å². The summed E-state index contributed by atoms with van der Waals surface area (Å²) in [5.41, 5.74) is 1.12. The molecule has 0 aliphatic rings. The third kappa shape index (κ3) is 6.36. The van der Waals surface area contributed by atoms with Crippen molar-refractivity contribution in [3.8, 4) is 0 Å². The van der Waals surface area contributed by atoms with Crippen LogP contribution in [-0.4, -0.2) is 24.1 Å². The molecular weight excluding hydrogens is 328 g/mol. The van der Waals surface area contributed by atoms with Crippen LogP contribution in [-0.2, 0) is 9.47 Å². The minimum Gasteiger partial charge on any atom is -0.459 e. The first-order valence-electron chi connectivity index (χ1n) is 9.12. The molecule has 0 saturated carbocycles. The zero-order valence-corrected chi connectivity index (χ0v) is 15.4. The van der Waals surface area contributed by atoms with Gasteiger partial charge in [0, 0.05) is 0 Å². The van der Waals surface area contributed by atoms with E-state index in [2.05, 4.69) is 0 Å². The van der Waals surface area contributed by atoms with Crippen molar-refractivity contribution in [2.75, 3.05) is 0 Å². The number of ether oxygens (including phenoxy) is 2. The fraction of sp³-hybridized carbons (Fsp3) is 0.364. The van der Waals surface area contributed by atoms with E-state index in [0.717, 1.165) is 25.7 Å². The number of esters is 2. The molecule has 0 fully saturated rings. The van der Waals surface area contributed by atoms with Gasteiger partial charge in [-0.15, -0.1) is 0 Å². The SMILES string of the molecule is CCC(CCCC(C)OC(=O)c1ccccc1)OC(=O)c1ccccc1. The van der Waals surface area contributed by atoms with Crippen LogP contribution in [0.1, 0.15) is 60.2 Å². The Labute approximate surface area is 155 Å². The normalized spacial score (nSPS) is 12.8. The molecule has 0 aliphatic carbocycles. The Balaban J connectivity index is 1.73. The summed E-state index contributed by atoms with van der Waals surface area (Å²) in [6.07, 6.45) is 2.77. The fourth-order valence-electron chi connectivity index (χ4n) is 2.66. The number of rotatable bonds is 9. The predicted molar refractivity (Wildman–Crippen MR) is 101 cm³/mol. The zero-order chi connectivity index (χ0) is 18.8. The van der Waals surface area contributed by atoms with Crippen LogP contribution in [0.3, 0.4) is 0 Å². The first kappa shape index (κ1) is 19.7. The lowest BCUT2D eigenvalue weighted by atomic mass is 10.1. The standard InChI is InChI=1S/C22H26O4/c1-3-20(26-22(24)19-14-8-5-9-15-19)16-10-11-17(2)25-21(23)18-12-6-4-7-13-18/h4-9,12-15,17,20H,3,10-11,16H2,1-2H3. The smallest absolute Gasteiger partial charge is 0.338 e. The summed E-state index contributed by atoms with van der Waals surface area (Å²) in [5, 5.41) is 0. The third-order valence-corrected chi connectivity index (χ3v) is 4.19. The van der Waals surface area contributed by atoms with Gasteiger partial charge < -0.3 is 9.47 Å². The maximum absolute atomic E-state index is 12.1. The molecule has 2 aromatic rings. The van der Waals surface area contributed by atoms with Gasteiger partial charge in [-0.2, -0.15) is 0 Å². The number of hydrogen-bond acceptors (Lipinski definition) is 4. The third-order valence-electron chi connectivity index (χ3n) is 4.19. The highest BCUT2D eigenvalue weighted by Crippen LogP contribution is 2.15. The Bertz CT molecular complexity index is 682. The maximum atomic E-state index is 12.1. The molecule has 26 heavy (non-hydrogen) atoms. The highest BCUT2D eigenvalue weighted by molar-refractivity contribution is 5.89. The Morgan fingerprint density at radius 1 is 0.808 bits per heavy atom. The van der Waals surface area contributed by atoms with Crippen molar-refractivity contribution in [2.24, 2.45) is 0 Å². The number of carbonyl (C=O) groups is 2. The minimum absolute atomic E-state index is 0.125. The lowest BCUT2D eigenvalue weighted by molar-refractivity contribution is 0.0231. The molecule has 4 heteroatoms. The maximum Gasteiger partial charge on any atom is 0.338 e. The van der Waals surface area contributed by atoms with Crippen LogP contribution in [0.4, 0.5) is 0 Å². The average Bonchev–Trinajstić information content (AvgIpc) is 2.68. The summed E-state index contributed by atoms with van der Waals surface area (Å²) in [5.74, 6) is -0.596. The van der Waals surface area contributed by atoms with Crippen molar-refractivity contribution in [1.82, 2.24) is 0 Å². The molecule has 4 nitrogen and oxygen atoms in total. The second-order valence-electron chi connectivity index (χ2n) is 6.31. The molecular formula is C22H26O4. The van der Waals surface area contributed by atoms with Crippen LogP contribution in [0.25, 0.3) is 0 Å². The van der Waals surface area contributed by atoms with E-state index >= 15 is 0 Å². The van der Waals surface area contributed by atoms with Gasteiger partial charge in [0.15, 0.2) is 0 Å². The van der Waals surface area contributed by atoms with Crippen molar-refractivity contribution in [3.05, 3.63) is 71.8 Å². The van der Waals surface area contributed by atoms with Gasteiger partial charge in [0.25, 0.3) is 0 Å².